The van der Waals surface area contributed by atoms with E-state index in [9.17, 15) is 9.18 Å². The number of carbonyl (C=O) groups excluding carboxylic acids is 1. The molecule has 0 radical (unpaired) electrons. The number of ether oxygens (including phenoxy) is 1. The maximum Gasteiger partial charge on any atom is 0.276 e. The maximum atomic E-state index is 12.9. The minimum Gasteiger partial charge on any atom is -0.471 e. The molecule has 0 fully saturated rings. The van der Waals surface area contributed by atoms with Crippen LogP contribution in [0, 0.1) is 5.82 Å². The Morgan fingerprint density at radius 1 is 1.12 bits per heavy atom. The molecule has 7 heteroatoms. The van der Waals surface area contributed by atoms with E-state index in [2.05, 4.69) is 26.3 Å². The second-order valence-electron chi connectivity index (χ2n) is 4.93. The van der Waals surface area contributed by atoms with Crippen LogP contribution >= 0.6 is 15.9 Å². The minimum absolute atomic E-state index is 0.186. The average Bonchev–Trinajstić information content (AvgIpc) is 3.06. The summed E-state index contributed by atoms with van der Waals surface area (Å²) >= 11 is 3.35. The van der Waals surface area contributed by atoms with Crippen LogP contribution in [0.15, 0.2) is 65.3 Å². The standard InChI is InChI=1S/C17H13BrFN3O2/c18-12-1-7-15(8-2-12)24-11-22-10-9-16(21-22)17(23)20-14-5-3-13(19)4-6-14/h1-10H,11H2,(H,20,23). The lowest BCUT2D eigenvalue weighted by Crippen LogP contribution is -2.14. The normalized spacial score (nSPS) is 10.4. The summed E-state index contributed by atoms with van der Waals surface area (Å²) in [6, 6.07) is 14.5. The van der Waals surface area contributed by atoms with Gasteiger partial charge in [0.05, 0.1) is 0 Å². The largest absolute Gasteiger partial charge is 0.471 e. The van der Waals surface area contributed by atoms with Gasteiger partial charge >= 0.3 is 0 Å². The van der Waals surface area contributed by atoms with Gasteiger partial charge < -0.3 is 10.1 Å². The lowest BCUT2D eigenvalue weighted by Gasteiger charge is -2.06. The molecule has 0 aliphatic carbocycles. The van der Waals surface area contributed by atoms with Crippen molar-refractivity contribution in [2.24, 2.45) is 0 Å². The highest BCUT2D eigenvalue weighted by molar-refractivity contribution is 9.10. The van der Waals surface area contributed by atoms with E-state index < -0.39 is 0 Å². The number of amides is 1. The van der Waals surface area contributed by atoms with Gasteiger partial charge in [-0.3, -0.25) is 4.79 Å². The van der Waals surface area contributed by atoms with Gasteiger partial charge in [0.1, 0.15) is 11.6 Å². The Morgan fingerprint density at radius 2 is 1.83 bits per heavy atom. The van der Waals surface area contributed by atoms with Crippen LogP contribution in [0.1, 0.15) is 10.5 Å². The summed E-state index contributed by atoms with van der Waals surface area (Å²) < 4.78 is 20.9. The summed E-state index contributed by atoms with van der Waals surface area (Å²) in [6.07, 6.45) is 1.65. The van der Waals surface area contributed by atoms with Gasteiger partial charge in [-0.1, -0.05) is 15.9 Å². The lowest BCUT2D eigenvalue weighted by molar-refractivity contribution is 0.102. The first-order valence-electron chi connectivity index (χ1n) is 7.09. The second-order valence-corrected chi connectivity index (χ2v) is 5.84. The maximum absolute atomic E-state index is 12.9. The van der Waals surface area contributed by atoms with E-state index in [1.165, 1.54) is 28.9 Å². The fourth-order valence-corrected chi connectivity index (χ4v) is 2.22. The number of carbonyl (C=O) groups is 1. The Hall–Kier alpha value is -2.67. The highest BCUT2D eigenvalue weighted by Gasteiger charge is 2.10. The van der Waals surface area contributed by atoms with Crippen LogP contribution in [0.4, 0.5) is 10.1 Å². The first-order chi connectivity index (χ1) is 11.6. The minimum atomic E-state index is -0.371. The summed E-state index contributed by atoms with van der Waals surface area (Å²) in [4.78, 5) is 12.1. The molecule has 2 aromatic carbocycles. The van der Waals surface area contributed by atoms with Crippen molar-refractivity contribution in [2.45, 2.75) is 6.73 Å². The molecule has 24 heavy (non-hydrogen) atoms. The number of aromatic nitrogens is 2. The van der Waals surface area contributed by atoms with Crippen molar-refractivity contribution in [1.82, 2.24) is 9.78 Å². The molecule has 0 saturated carbocycles. The van der Waals surface area contributed by atoms with Crippen LogP contribution in [0.5, 0.6) is 5.75 Å². The van der Waals surface area contributed by atoms with Crippen molar-refractivity contribution in [3.05, 3.63) is 76.8 Å². The van der Waals surface area contributed by atoms with Crippen LogP contribution in [-0.2, 0) is 6.73 Å². The first-order valence-corrected chi connectivity index (χ1v) is 7.88. The Labute approximate surface area is 146 Å². The Kier molecular flexibility index (Phi) is 4.90. The zero-order chi connectivity index (χ0) is 16.9. The highest BCUT2D eigenvalue weighted by Crippen LogP contribution is 2.16. The van der Waals surface area contributed by atoms with Crippen LogP contribution in [0.2, 0.25) is 0 Å². The molecule has 3 rings (SSSR count). The predicted octanol–water partition coefficient (Wildman–Crippen LogP) is 4.07. The first kappa shape index (κ1) is 16.2. The predicted molar refractivity (Wildman–Crippen MR) is 91.4 cm³/mol. The molecule has 5 nitrogen and oxygen atoms in total. The summed E-state index contributed by atoms with van der Waals surface area (Å²) in [5, 5.41) is 6.80. The Balaban J connectivity index is 1.59. The smallest absolute Gasteiger partial charge is 0.276 e. The zero-order valence-corrected chi connectivity index (χ0v) is 14.0. The highest BCUT2D eigenvalue weighted by atomic mass is 79.9. The third kappa shape index (κ3) is 4.20. The molecule has 0 saturated heterocycles. The van der Waals surface area contributed by atoms with Crippen molar-refractivity contribution in [1.29, 1.82) is 0 Å². The van der Waals surface area contributed by atoms with Gasteiger partial charge in [-0.05, 0) is 54.6 Å². The number of halogens is 2. The Bertz CT molecular complexity index is 832. The van der Waals surface area contributed by atoms with Crippen molar-refractivity contribution >= 4 is 27.5 Å². The fourth-order valence-electron chi connectivity index (χ4n) is 1.95. The van der Waals surface area contributed by atoms with Crippen LogP contribution in [0.3, 0.4) is 0 Å². The van der Waals surface area contributed by atoms with Crippen molar-refractivity contribution in [2.75, 3.05) is 5.32 Å². The third-order valence-electron chi connectivity index (χ3n) is 3.15. The van der Waals surface area contributed by atoms with Gasteiger partial charge in [0.25, 0.3) is 5.91 Å². The molecule has 0 spiro atoms. The van der Waals surface area contributed by atoms with Gasteiger partial charge in [-0.15, -0.1) is 0 Å². The molecular weight excluding hydrogens is 377 g/mol. The Morgan fingerprint density at radius 3 is 2.54 bits per heavy atom. The van der Waals surface area contributed by atoms with Crippen LogP contribution in [-0.4, -0.2) is 15.7 Å². The van der Waals surface area contributed by atoms with E-state index in [0.717, 1.165) is 4.47 Å². The number of anilines is 1. The topological polar surface area (TPSA) is 56.2 Å². The number of hydrogen-bond acceptors (Lipinski definition) is 3. The molecule has 0 bridgehead atoms. The van der Waals surface area contributed by atoms with E-state index in [0.29, 0.717) is 11.4 Å². The van der Waals surface area contributed by atoms with E-state index in [-0.39, 0.29) is 24.1 Å². The SMILES string of the molecule is O=C(Nc1ccc(F)cc1)c1ccn(COc2ccc(Br)cc2)n1. The zero-order valence-electron chi connectivity index (χ0n) is 12.4. The van der Waals surface area contributed by atoms with E-state index >= 15 is 0 Å². The summed E-state index contributed by atoms with van der Waals surface area (Å²) in [7, 11) is 0. The molecule has 1 heterocycles. The van der Waals surface area contributed by atoms with E-state index in [1.807, 2.05) is 24.3 Å². The quantitative estimate of drug-likeness (QED) is 0.715. The lowest BCUT2D eigenvalue weighted by atomic mass is 10.3. The van der Waals surface area contributed by atoms with Gasteiger partial charge in [-0.2, -0.15) is 5.10 Å². The molecule has 0 aliphatic heterocycles. The number of hydrogen-bond donors (Lipinski definition) is 1. The molecule has 1 amide bonds. The van der Waals surface area contributed by atoms with Gasteiger partial charge in [0, 0.05) is 16.4 Å². The summed E-state index contributed by atoms with van der Waals surface area (Å²) in [5.41, 5.74) is 0.751. The van der Waals surface area contributed by atoms with Crippen LogP contribution < -0.4 is 10.1 Å². The second kappa shape index (κ2) is 7.27. The van der Waals surface area contributed by atoms with Crippen molar-refractivity contribution in [3.8, 4) is 5.75 Å². The molecule has 0 aliphatic rings. The number of nitrogens with zero attached hydrogens (tertiary/aromatic N) is 2. The molecule has 1 aromatic heterocycles. The number of nitrogens with one attached hydrogen (secondary N) is 1. The fraction of sp³-hybridized carbons (Fsp3) is 0.0588. The molecule has 0 atom stereocenters. The van der Waals surface area contributed by atoms with Gasteiger partial charge in [0.15, 0.2) is 12.4 Å². The average molecular weight is 390 g/mol. The van der Waals surface area contributed by atoms with E-state index in [4.69, 9.17) is 4.74 Å². The third-order valence-corrected chi connectivity index (χ3v) is 3.68. The molecule has 122 valence electrons. The monoisotopic (exact) mass is 389 g/mol. The van der Waals surface area contributed by atoms with Crippen molar-refractivity contribution in [3.63, 3.8) is 0 Å². The number of rotatable bonds is 5. The van der Waals surface area contributed by atoms with Crippen LogP contribution in [0.25, 0.3) is 0 Å². The summed E-state index contributed by atoms with van der Waals surface area (Å²) in [5.74, 6) is -0.0302. The molecular formula is C17H13BrFN3O2. The van der Waals surface area contributed by atoms with E-state index in [1.54, 1.807) is 12.3 Å². The number of benzene rings is 2. The van der Waals surface area contributed by atoms with Crippen molar-refractivity contribution < 1.29 is 13.9 Å². The molecule has 3 aromatic rings. The van der Waals surface area contributed by atoms with Gasteiger partial charge in [0.2, 0.25) is 0 Å². The van der Waals surface area contributed by atoms with Gasteiger partial charge in [-0.25, -0.2) is 9.07 Å². The summed E-state index contributed by atoms with van der Waals surface area (Å²) in [6.45, 7) is 0.186. The molecule has 0 unspecified atom stereocenters. The molecule has 1 N–H and O–H groups in total.